The molecule has 0 aromatic heterocycles. The second kappa shape index (κ2) is 5.08. The van der Waals surface area contributed by atoms with Crippen molar-refractivity contribution in [3.8, 4) is 5.75 Å². The van der Waals surface area contributed by atoms with Gasteiger partial charge in [-0.15, -0.1) is 0 Å². The number of halogens is 2. The molecule has 22 heavy (non-hydrogen) atoms. The Morgan fingerprint density at radius 1 is 1.45 bits per heavy atom. The van der Waals surface area contributed by atoms with Crippen molar-refractivity contribution in [1.82, 2.24) is 0 Å². The fourth-order valence-electron chi connectivity index (χ4n) is 2.41. The maximum Gasteiger partial charge on any atom is 0.412 e. The third-order valence-corrected chi connectivity index (χ3v) is 3.60. The Bertz CT molecular complexity index is 599. The Morgan fingerprint density at radius 2 is 2.05 bits per heavy atom. The van der Waals surface area contributed by atoms with Crippen LogP contribution in [-0.2, 0) is 10.2 Å². The van der Waals surface area contributed by atoms with E-state index in [1.807, 2.05) is 0 Å². The zero-order chi connectivity index (χ0) is 16.8. The van der Waals surface area contributed by atoms with Gasteiger partial charge in [-0.3, -0.25) is 5.32 Å². The van der Waals surface area contributed by atoms with Gasteiger partial charge in [0.15, 0.2) is 0 Å². The summed E-state index contributed by atoms with van der Waals surface area (Å²) in [6, 6.07) is 3.88. The molecule has 1 atom stereocenters. The number of benzene rings is 1. The molecular formula is C15H20F2N2O3. The van der Waals surface area contributed by atoms with Gasteiger partial charge in [0.1, 0.15) is 11.4 Å². The molecule has 1 aliphatic rings. The smallest absolute Gasteiger partial charge is 0.412 e. The molecule has 0 spiro atoms. The summed E-state index contributed by atoms with van der Waals surface area (Å²) in [7, 11) is 0. The van der Waals surface area contributed by atoms with E-state index in [0.29, 0.717) is 0 Å². The number of nitrogens with two attached hydrogens (primary N) is 1. The van der Waals surface area contributed by atoms with Gasteiger partial charge >= 0.3 is 6.09 Å². The van der Waals surface area contributed by atoms with Crippen LogP contribution in [0.25, 0.3) is 0 Å². The molecule has 1 saturated carbocycles. The standard InChI is InChI=1S/C15H20F2N2O3/c1-13(2,3)22-12(21)19-11-5-4-9(20)6-10(11)14(8-18)7-15(14,16)17/h4-6,20H,7-8,18H2,1-3H3,(H,19,21). The molecule has 1 aromatic rings. The minimum absolute atomic E-state index is 0.117. The Morgan fingerprint density at radius 3 is 2.50 bits per heavy atom. The van der Waals surface area contributed by atoms with Crippen molar-refractivity contribution < 1.29 is 23.4 Å². The monoisotopic (exact) mass is 314 g/mol. The van der Waals surface area contributed by atoms with E-state index in [1.165, 1.54) is 18.2 Å². The number of amides is 1. The van der Waals surface area contributed by atoms with E-state index in [1.54, 1.807) is 20.8 Å². The van der Waals surface area contributed by atoms with E-state index in [-0.39, 0.29) is 23.5 Å². The van der Waals surface area contributed by atoms with E-state index < -0.39 is 29.5 Å². The quantitative estimate of drug-likeness (QED) is 0.749. The van der Waals surface area contributed by atoms with Crippen LogP contribution in [0.15, 0.2) is 18.2 Å². The normalized spacial score (nSPS) is 23.0. The SMILES string of the molecule is CC(C)(C)OC(=O)Nc1ccc(O)cc1C1(CN)CC1(F)F. The van der Waals surface area contributed by atoms with Crippen LogP contribution in [0.1, 0.15) is 32.8 Å². The maximum absolute atomic E-state index is 13.8. The zero-order valence-corrected chi connectivity index (χ0v) is 12.7. The topological polar surface area (TPSA) is 84.6 Å². The number of rotatable bonds is 3. The molecule has 1 fully saturated rings. The van der Waals surface area contributed by atoms with Gasteiger partial charge in [-0.25, -0.2) is 13.6 Å². The largest absolute Gasteiger partial charge is 0.508 e. The molecule has 2 rings (SSSR count). The highest BCUT2D eigenvalue weighted by Crippen LogP contribution is 2.62. The molecule has 0 radical (unpaired) electrons. The first kappa shape index (κ1) is 16.5. The second-order valence-corrected chi connectivity index (χ2v) is 6.52. The number of ether oxygens (including phenoxy) is 1. The highest BCUT2D eigenvalue weighted by atomic mass is 19.3. The van der Waals surface area contributed by atoms with Crippen molar-refractivity contribution in [2.24, 2.45) is 5.73 Å². The van der Waals surface area contributed by atoms with E-state index >= 15 is 0 Å². The molecular weight excluding hydrogens is 294 g/mol. The van der Waals surface area contributed by atoms with Crippen LogP contribution in [0, 0.1) is 0 Å². The Balaban J connectivity index is 2.32. The minimum Gasteiger partial charge on any atom is -0.508 e. The van der Waals surface area contributed by atoms with Crippen LogP contribution in [0.4, 0.5) is 19.3 Å². The summed E-state index contributed by atoms with van der Waals surface area (Å²) in [4.78, 5) is 11.8. The van der Waals surface area contributed by atoms with Crippen molar-refractivity contribution in [3.63, 3.8) is 0 Å². The Kier molecular flexibility index (Phi) is 3.81. The number of phenols is 1. The Hall–Kier alpha value is -1.89. The van der Waals surface area contributed by atoms with Crippen molar-refractivity contribution in [2.75, 3.05) is 11.9 Å². The summed E-state index contributed by atoms with van der Waals surface area (Å²) in [5.41, 5.74) is 3.53. The number of carbonyl (C=O) groups is 1. The van der Waals surface area contributed by atoms with Crippen molar-refractivity contribution in [3.05, 3.63) is 23.8 Å². The summed E-state index contributed by atoms with van der Waals surface area (Å²) >= 11 is 0. The molecule has 0 aliphatic heterocycles. The third kappa shape index (κ3) is 2.99. The highest BCUT2D eigenvalue weighted by molar-refractivity contribution is 5.87. The molecule has 0 bridgehead atoms. The molecule has 122 valence electrons. The van der Waals surface area contributed by atoms with Crippen LogP contribution in [0.2, 0.25) is 0 Å². The first-order valence-corrected chi connectivity index (χ1v) is 6.92. The average Bonchev–Trinajstić information content (AvgIpc) is 2.92. The number of nitrogens with one attached hydrogen (secondary N) is 1. The van der Waals surface area contributed by atoms with Crippen molar-refractivity contribution in [2.45, 2.75) is 44.1 Å². The number of hydrogen-bond acceptors (Lipinski definition) is 4. The number of hydrogen-bond donors (Lipinski definition) is 3. The van der Waals surface area contributed by atoms with Gasteiger partial charge < -0.3 is 15.6 Å². The van der Waals surface area contributed by atoms with Gasteiger partial charge in [0.25, 0.3) is 5.92 Å². The van der Waals surface area contributed by atoms with Crippen LogP contribution in [0.5, 0.6) is 5.75 Å². The molecule has 1 aromatic carbocycles. The van der Waals surface area contributed by atoms with Gasteiger partial charge in [0, 0.05) is 18.7 Å². The molecule has 7 heteroatoms. The number of phenolic OH excluding ortho intramolecular Hbond substituents is 1. The zero-order valence-electron chi connectivity index (χ0n) is 12.7. The first-order chi connectivity index (χ1) is 10.0. The number of carbonyl (C=O) groups excluding carboxylic acids is 1. The molecule has 4 N–H and O–H groups in total. The summed E-state index contributed by atoms with van der Waals surface area (Å²) in [6.45, 7) is 4.80. The van der Waals surface area contributed by atoms with Gasteiger partial charge in [0.05, 0.1) is 5.41 Å². The lowest BCUT2D eigenvalue weighted by Gasteiger charge is -2.22. The third-order valence-electron chi connectivity index (χ3n) is 3.60. The molecule has 0 saturated heterocycles. The number of anilines is 1. The minimum atomic E-state index is -2.96. The lowest BCUT2D eigenvalue weighted by atomic mass is 9.93. The van der Waals surface area contributed by atoms with Gasteiger partial charge in [-0.1, -0.05) is 0 Å². The van der Waals surface area contributed by atoms with E-state index in [4.69, 9.17) is 10.5 Å². The van der Waals surface area contributed by atoms with E-state index in [0.717, 1.165) is 0 Å². The summed E-state index contributed by atoms with van der Waals surface area (Å²) < 4.78 is 32.6. The summed E-state index contributed by atoms with van der Waals surface area (Å²) in [5.74, 6) is -3.12. The predicted octanol–water partition coefficient (Wildman–Crippen LogP) is 2.97. The molecule has 1 aliphatic carbocycles. The van der Waals surface area contributed by atoms with Crippen LogP contribution in [0.3, 0.4) is 0 Å². The van der Waals surface area contributed by atoms with Gasteiger partial charge in [-0.05, 0) is 44.5 Å². The first-order valence-electron chi connectivity index (χ1n) is 6.92. The lowest BCUT2D eigenvalue weighted by Crippen LogP contribution is -2.30. The highest BCUT2D eigenvalue weighted by Gasteiger charge is 2.71. The fraction of sp³-hybridized carbons (Fsp3) is 0.533. The average molecular weight is 314 g/mol. The van der Waals surface area contributed by atoms with Gasteiger partial charge in [-0.2, -0.15) is 0 Å². The Labute approximate surface area is 127 Å². The summed E-state index contributed by atoms with van der Waals surface area (Å²) in [6.07, 6.45) is -1.17. The summed E-state index contributed by atoms with van der Waals surface area (Å²) in [5, 5.41) is 12.0. The van der Waals surface area contributed by atoms with E-state index in [2.05, 4.69) is 5.32 Å². The molecule has 5 nitrogen and oxygen atoms in total. The molecule has 0 heterocycles. The van der Waals surface area contributed by atoms with Crippen LogP contribution >= 0.6 is 0 Å². The lowest BCUT2D eigenvalue weighted by molar-refractivity contribution is 0.0634. The van der Waals surface area contributed by atoms with Crippen LogP contribution in [-0.4, -0.2) is 29.3 Å². The predicted molar refractivity (Wildman–Crippen MR) is 78.3 cm³/mol. The van der Waals surface area contributed by atoms with Crippen molar-refractivity contribution >= 4 is 11.8 Å². The molecule has 1 unspecified atom stereocenters. The fourth-order valence-corrected chi connectivity index (χ4v) is 2.41. The van der Waals surface area contributed by atoms with Crippen LogP contribution < -0.4 is 11.1 Å². The maximum atomic E-state index is 13.8. The van der Waals surface area contributed by atoms with Gasteiger partial charge in [0.2, 0.25) is 0 Å². The number of aromatic hydroxyl groups is 1. The number of alkyl halides is 2. The molecule has 1 amide bonds. The van der Waals surface area contributed by atoms with E-state index in [9.17, 15) is 18.7 Å². The van der Waals surface area contributed by atoms with Crippen molar-refractivity contribution in [1.29, 1.82) is 0 Å². The second-order valence-electron chi connectivity index (χ2n) is 6.52.